The molecule has 3 aromatic rings. The molecule has 0 aliphatic rings. The summed E-state index contributed by atoms with van der Waals surface area (Å²) in [6, 6.07) is 6.86. The first-order valence-corrected chi connectivity index (χ1v) is 7.91. The van der Waals surface area contributed by atoms with Gasteiger partial charge < -0.3 is 24.8 Å². The predicted octanol–water partition coefficient (Wildman–Crippen LogP) is 3.06. The summed E-state index contributed by atoms with van der Waals surface area (Å²) in [5, 5.41) is 39.4. The van der Waals surface area contributed by atoms with Crippen molar-refractivity contribution in [1.82, 2.24) is 0 Å². The molecule has 0 bridgehead atoms. The largest absolute Gasteiger partial charge is 0.508 e. The van der Waals surface area contributed by atoms with Crippen LogP contribution in [-0.4, -0.2) is 26.5 Å². The number of hydrogen-bond acceptors (Lipinski definition) is 6. The molecule has 0 amide bonds. The van der Waals surface area contributed by atoms with Crippen LogP contribution in [-0.2, 0) is 6.42 Å². The van der Waals surface area contributed by atoms with Gasteiger partial charge in [0.2, 0.25) is 5.43 Å². The molecular weight excluding hydrogens is 336 g/mol. The Morgan fingerprint density at radius 2 is 1.88 bits per heavy atom. The Labute approximate surface area is 148 Å². The number of rotatable bonds is 4. The van der Waals surface area contributed by atoms with Crippen LogP contribution in [0.3, 0.4) is 0 Å². The Morgan fingerprint density at radius 3 is 2.58 bits per heavy atom. The second-order valence-electron chi connectivity index (χ2n) is 6.23. The molecule has 1 atom stereocenters. The molecule has 0 aliphatic heterocycles. The molecule has 0 radical (unpaired) electrons. The molecule has 134 valence electrons. The van der Waals surface area contributed by atoms with E-state index in [4.69, 9.17) is 4.42 Å². The topological polar surface area (TPSA) is 111 Å². The quantitative estimate of drug-likeness (QED) is 0.536. The molecule has 0 fully saturated rings. The fraction of sp³-hybridized carbons (Fsp3) is 0.150. The predicted molar refractivity (Wildman–Crippen MR) is 97.4 cm³/mol. The van der Waals surface area contributed by atoms with Gasteiger partial charge in [-0.05, 0) is 30.2 Å². The number of aliphatic hydroxyl groups is 1. The summed E-state index contributed by atoms with van der Waals surface area (Å²) in [6.45, 7) is 5.36. The van der Waals surface area contributed by atoms with E-state index >= 15 is 0 Å². The molecule has 0 saturated carbocycles. The molecule has 3 rings (SSSR count). The molecule has 4 N–H and O–H groups in total. The number of benzene rings is 2. The third-order valence-corrected chi connectivity index (χ3v) is 4.21. The van der Waals surface area contributed by atoms with Crippen molar-refractivity contribution in [2.45, 2.75) is 19.4 Å². The van der Waals surface area contributed by atoms with Crippen LogP contribution >= 0.6 is 0 Å². The normalized spacial score (nSPS) is 12.2. The lowest BCUT2D eigenvalue weighted by molar-refractivity contribution is 0.210. The number of fused-ring (bicyclic) bond motifs is 1. The molecule has 0 spiro atoms. The lowest BCUT2D eigenvalue weighted by atomic mass is 9.97. The number of aromatic hydroxyl groups is 3. The van der Waals surface area contributed by atoms with Crippen molar-refractivity contribution in [1.29, 1.82) is 0 Å². The van der Waals surface area contributed by atoms with E-state index in [1.165, 1.54) is 18.4 Å². The van der Waals surface area contributed by atoms with E-state index in [1.807, 2.05) is 0 Å². The molecule has 1 aromatic heterocycles. The Balaban J connectivity index is 2.14. The second-order valence-corrected chi connectivity index (χ2v) is 6.23. The average molecular weight is 354 g/mol. The van der Waals surface area contributed by atoms with E-state index < -0.39 is 11.5 Å². The van der Waals surface area contributed by atoms with Crippen LogP contribution in [0.15, 0.2) is 58.0 Å². The molecule has 0 saturated heterocycles. The van der Waals surface area contributed by atoms with Crippen molar-refractivity contribution in [3.05, 3.63) is 64.5 Å². The highest BCUT2D eigenvalue weighted by molar-refractivity contribution is 5.88. The second kappa shape index (κ2) is 6.57. The summed E-state index contributed by atoms with van der Waals surface area (Å²) >= 11 is 0. The third-order valence-electron chi connectivity index (χ3n) is 4.21. The SMILES string of the molecule is C=C(C)C(O)Cc1cc(-c2coc3cc(O)cc(O)c3c2=O)ccc1O. The first-order valence-electron chi connectivity index (χ1n) is 7.91. The van der Waals surface area contributed by atoms with Crippen molar-refractivity contribution in [3.63, 3.8) is 0 Å². The van der Waals surface area contributed by atoms with Crippen LogP contribution in [0, 0.1) is 0 Å². The van der Waals surface area contributed by atoms with Crippen LogP contribution in [0.1, 0.15) is 12.5 Å². The third kappa shape index (κ3) is 3.14. The smallest absolute Gasteiger partial charge is 0.204 e. The van der Waals surface area contributed by atoms with Crippen molar-refractivity contribution in [3.8, 4) is 28.4 Å². The monoisotopic (exact) mass is 354 g/mol. The maximum atomic E-state index is 12.8. The lowest BCUT2D eigenvalue weighted by Crippen LogP contribution is -2.11. The zero-order valence-electron chi connectivity index (χ0n) is 14.1. The fourth-order valence-corrected chi connectivity index (χ4v) is 2.72. The maximum absolute atomic E-state index is 12.8. The highest BCUT2D eigenvalue weighted by Gasteiger charge is 2.16. The van der Waals surface area contributed by atoms with Crippen LogP contribution in [0.4, 0.5) is 0 Å². The Hall–Kier alpha value is -3.25. The van der Waals surface area contributed by atoms with E-state index in [-0.39, 0.29) is 40.2 Å². The van der Waals surface area contributed by atoms with Gasteiger partial charge in [0.1, 0.15) is 34.5 Å². The summed E-state index contributed by atoms with van der Waals surface area (Å²) in [5.74, 6) is -0.606. The molecule has 26 heavy (non-hydrogen) atoms. The van der Waals surface area contributed by atoms with Gasteiger partial charge in [-0.15, -0.1) is 0 Å². The highest BCUT2D eigenvalue weighted by Crippen LogP contribution is 2.31. The van der Waals surface area contributed by atoms with E-state index in [2.05, 4.69) is 6.58 Å². The van der Waals surface area contributed by atoms with Gasteiger partial charge in [0.05, 0.1) is 11.7 Å². The summed E-state index contributed by atoms with van der Waals surface area (Å²) in [6.07, 6.45) is 0.554. The molecule has 6 heteroatoms. The van der Waals surface area contributed by atoms with Gasteiger partial charge in [-0.1, -0.05) is 18.2 Å². The summed E-state index contributed by atoms with van der Waals surface area (Å²) in [5.41, 5.74) is 1.25. The van der Waals surface area contributed by atoms with E-state index in [9.17, 15) is 25.2 Å². The highest BCUT2D eigenvalue weighted by atomic mass is 16.3. The molecule has 1 unspecified atom stereocenters. The molecule has 1 heterocycles. The first-order chi connectivity index (χ1) is 12.3. The van der Waals surface area contributed by atoms with Gasteiger partial charge >= 0.3 is 0 Å². The molecule has 0 aliphatic carbocycles. The fourth-order valence-electron chi connectivity index (χ4n) is 2.72. The number of aliphatic hydroxyl groups excluding tert-OH is 1. The van der Waals surface area contributed by atoms with Crippen molar-refractivity contribution in [2.24, 2.45) is 0 Å². The summed E-state index contributed by atoms with van der Waals surface area (Å²) in [4.78, 5) is 12.8. The van der Waals surface area contributed by atoms with Crippen molar-refractivity contribution < 1.29 is 24.8 Å². The zero-order valence-corrected chi connectivity index (χ0v) is 14.1. The number of phenolic OH excluding ortho intramolecular Hbond substituents is 3. The van der Waals surface area contributed by atoms with Crippen LogP contribution in [0.25, 0.3) is 22.1 Å². The summed E-state index contributed by atoms with van der Waals surface area (Å²) in [7, 11) is 0. The number of hydrogen-bond donors (Lipinski definition) is 4. The van der Waals surface area contributed by atoms with Gasteiger partial charge in [0, 0.05) is 18.6 Å². The van der Waals surface area contributed by atoms with Crippen LogP contribution < -0.4 is 5.43 Å². The van der Waals surface area contributed by atoms with E-state index in [1.54, 1.807) is 19.1 Å². The number of phenols is 3. The maximum Gasteiger partial charge on any atom is 0.204 e. The summed E-state index contributed by atoms with van der Waals surface area (Å²) < 4.78 is 5.38. The standard InChI is InChI=1S/C20H18O6/c1-10(2)16(23)6-12-5-11(3-4-15(12)22)14-9-26-18-8-13(21)7-17(24)19(18)20(14)25/h3-5,7-9,16,21-24H,1,6H2,2H3. The van der Waals surface area contributed by atoms with E-state index in [0.717, 1.165) is 6.07 Å². The average Bonchev–Trinajstić information content (AvgIpc) is 2.56. The minimum atomic E-state index is -0.823. The molecule has 6 nitrogen and oxygen atoms in total. The van der Waals surface area contributed by atoms with Crippen molar-refractivity contribution in [2.75, 3.05) is 0 Å². The van der Waals surface area contributed by atoms with E-state index in [0.29, 0.717) is 16.7 Å². The van der Waals surface area contributed by atoms with Crippen LogP contribution in [0.2, 0.25) is 0 Å². The van der Waals surface area contributed by atoms with Gasteiger partial charge in [0.25, 0.3) is 0 Å². The molecule has 2 aromatic carbocycles. The lowest BCUT2D eigenvalue weighted by Gasteiger charge is -2.13. The Kier molecular flexibility index (Phi) is 4.44. The zero-order chi connectivity index (χ0) is 19.0. The van der Waals surface area contributed by atoms with Gasteiger partial charge in [-0.25, -0.2) is 0 Å². The Morgan fingerprint density at radius 1 is 1.15 bits per heavy atom. The van der Waals surface area contributed by atoms with Gasteiger partial charge in [0.15, 0.2) is 0 Å². The minimum Gasteiger partial charge on any atom is -0.508 e. The Bertz CT molecular complexity index is 1060. The van der Waals surface area contributed by atoms with Crippen molar-refractivity contribution >= 4 is 11.0 Å². The first kappa shape index (κ1) is 17.6. The molecular formula is C20H18O6. The van der Waals surface area contributed by atoms with Gasteiger partial charge in [-0.2, -0.15) is 0 Å². The van der Waals surface area contributed by atoms with Crippen LogP contribution in [0.5, 0.6) is 17.2 Å². The minimum absolute atomic E-state index is 0.00741. The van der Waals surface area contributed by atoms with Gasteiger partial charge in [-0.3, -0.25) is 4.79 Å².